The first-order valence-electron chi connectivity index (χ1n) is 9.52. The number of halogens is 3. The summed E-state index contributed by atoms with van der Waals surface area (Å²) >= 11 is 0. The summed E-state index contributed by atoms with van der Waals surface area (Å²) in [5.74, 6) is -1.23. The number of imide groups is 1. The Kier molecular flexibility index (Phi) is 5.56. The zero-order valence-corrected chi connectivity index (χ0v) is 17.3. The van der Waals surface area contributed by atoms with Crippen LogP contribution in [0.4, 0.5) is 18.0 Å². The molecule has 2 aromatic rings. The number of ketones is 1. The van der Waals surface area contributed by atoms with Gasteiger partial charge in [-0.3, -0.25) is 14.5 Å². The molecule has 0 radical (unpaired) electrons. The zero-order valence-electron chi connectivity index (χ0n) is 17.3. The van der Waals surface area contributed by atoms with Gasteiger partial charge in [-0.1, -0.05) is 18.2 Å². The number of aromatic nitrogens is 1. The molecule has 1 saturated heterocycles. The van der Waals surface area contributed by atoms with E-state index in [-0.39, 0.29) is 5.56 Å². The van der Waals surface area contributed by atoms with Gasteiger partial charge in [-0.2, -0.15) is 13.2 Å². The van der Waals surface area contributed by atoms with Gasteiger partial charge in [-0.15, -0.1) is 6.58 Å². The van der Waals surface area contributed by atoms with Gasteiger partial charge in [-0.25, -0.2) is 4.79 Å². The number of benzene rings is 1. The number of carbonyl (C=O) groups is 3. The Morgan fingerprint density at radius 2 is 1.90 bits per heavy atom. The van der Waals surface area contributed by atoms with Crippen LogP contribution in [0.25, 0.3) is 0 Å². The summed E-state index contributed by atoms with van der Waals surface area (Å²) in [6, 6.07) is 5.05. The van der Waals surface area contributed by atoms with Crippen LogP contribution in [0.5, 0.6) is 0 Å². The number of allylic oxidation sites excluding steroid dienone is 1. The number of carbonyl (C=O) groups excluding carboxylic acids is 3. The molecule has 1 atom stereocenters. The highest BCUT2D eigenvalue weighted by molar-refractivity contribution is 6.11. The average molecular weight is 433 g/mol. The van der Waals surface area contributed by atoms with Crippen LogP contribution in [0.1, 0.15) is 39.8 Å². The molecule has 3 amide bonds. The maximum atomic E-state index is 13.1. The second-order valence-corrected chi connectivity index (χ2v) is 7.63. The molecular weight excluding hydrogens is 411 g/mol. The third-order valence-corrected chi connectivity index (χ3v) is 5.53. The minimum Gasteiger partial charge on any atom is -0.345 e. The number of hydrogen-bond donors (Lipinski definition) is 1. The van der Waals surface area contributed by atoms with E-state index in [0.29, 0.717) is 17.8 Å². The quantitative estimate of drug-likeness (QED) is 0.426. The fourth-order valence-electron chi connectivity index (χ4n) is 3.76. The fraction of sp³-hybridized carbons (Fsp3) is 0.318. The second-order valence-electron chi connectivity index (χ2n) is 7.63. The topological polar surface area (TPSA) is 71.4 Å². The molecule has 3 rings (SSSR count). The van der Waals surface area contributed by atoms with Gasteiger partial charge in [-0.05, 0) is 44.5 Å². The van der Waals surface area contributed by atoms with Gasteiger partial charge in [0.15, 0.2) is 5.78 Å². The van der Waals surface area contributed by atoms with E-state index in [9.17, 15) is 27.6 Å². The van der Waals surface area contributed by atoms with Crippen molar-refractivity contribution >= 4 is 17.7 Å². The molecule has 0 aliphatic carbocycles. The number of amides is 3. The maximum absolute atomic E-state index is 13.1. The predicted octanol–water partition coefficient (Wildman–Crippen LogP) is 3.96. The first kappa shape index (κ1) is 22.3. The predicted molar refractivity (Wildman–Crippen MR) is 107 cm³/mol. The van der Waals surface area contributed by atoms with Gasteiger partial charge in [0.05, 0.1) is 12.1 Å². The molecule has 0 spiro atoms. The summed E-state index contributed by atoms with van der Waals surface area (Å²) in [7, 11) is 0. The van der Waals surface area contributed by atoms with Crippen LogP contribution >= 0.6 is 0 Å². The number of hydrogen-bond acceptors (Lipinski definition) is 3. The van der Waals surface area contributed by atoms with Crippen molar-refractivity contribution in [2.24, 2.45) is 0 Å². The molecule has 6 nitrogen and oxygen atoms in total. The van der Waals surface area contributed by atoms with Crippen LogP contribution in [0.15, 0.2) is 43.0 Å². The number of aryl methyl sites for hydroxylation is 1. The number of Topliss-reactive ketones (excluding diaryl/α,β-unsaturated/α-hetero) is 1. The number of alkyl halides is 3. The number of rotatable bonds is 6. The average Bonchev–Trinajstić information content (AvgIpc) is 3.10. The SMILES string of the molecule is C=CCn1c(C)cc(C(=O)CN2C(=O)NC(C)(c3cccc(C(F)(F)F)c3)C2=O)c1C. The Hall–Kier alpha value is -3.36. The van der Waals surface area contributed by atoms with E-state index in [1.807, 2.05) is 11.5 Å². The molecule has 9 heteroatoms. The molecule has 1 aliphatic heterocycles. The molecule has 164 valence electrons. The van der Waals surface area contributed by atoms with Gasteiger partial charge in [0.1, 0.15) is 5.54 Å². The lowest BCUT2D eigenvalue weighted by Crippen LogP contribution is -2.41. The molecule has 1 N–H and O–H groups in total. The minimum atomic E-state index is -4.60. The monoisotopic (exact) mass is 433 g/mol. The molecule has 1 unspecified atom stereocenters. The minimum absolute atomic E-state index is 0.0141. The molecule has 1 fully saturated rings. The Labute approximate surface area is 177 Å². The summed E-state index contributed by atoms with van der Waals surface area (Å²) in [4.78, 5) is 39.1. The largest absolute Gasteiger partial charge is 0.416 e. The molecular formula is C22H22F3N3O3. The van der Waals surface area contributed by atoms with Gasteiger partial charge in [0.2, 0.25) is 0 Å². The summed E-state index contributed by atoms with van der Waals surface area (Å²) in [5, 5.41) is 2.43. The maximum Gasteiger partial charge on any atom is 0.416 e. The molecule has 31 heavy (non-hydrogen) atoms. The summed E-state index contributed by atoms with van der Waals surface area (Å²) in [6.07, 6.45) is -2.91. The van der Waals surface area contributed by atoms with Crippen LogP contribution in [-0.2, 0) is 23.1 Å². The summed E-state index contributed by atoms with van der Waals surface area (Å²) < 4.78 is 41.1. The second kappa shape index (κ2) is 7.72. The molecule has 1 aliphatic rings. The Morgan fingerprint density at radius 1 is 1.23 bits per heavy atom. The van der Waals surface area contributed by atoms with Crippen LogP contribution in [0, 0.1) is 13.8 Å². The van der Waals surface area contributed by atoms with Gasteiger partial charge in [0, 0.05) is 23.5 Å². The summed E-state index contributed by atoms with van der Waals surface area (Å²) in [5.41, 5.74) is -0.787. The number of nitrogens with zero attached hydrogens (tertiary/aromatic N) is 2. The van der Waals surface area contributed by atoms with E-state index >= 15 is 0 Å². The van der Waals surface area contributed by atoms with Gasteiger partial charge in [0.25, 0.3) is 5.91 Å². The highest BCUT2D eigenvalue weighted by Gasteiger charge is 2.50. The van der Waals surface area contributed by atoms with E-state index in [1.54, 1.807) is 19.1 Å². The number of nitrogens with one attached hydrogen (secondary N) is 1. The third-order valence-electron chi connectivity index (χ3n) is 5.53. The Morgan fingerprint density at radius 3 is 2.52 bits per heavy atom. The molecule has 1 aromatic heterocycles. The normalized spacial score (nSPS) is 19.0. The molecule has 2 heterocycles. The lowest BCUT2D eigenvalue weighted by molar-refractivity contribution is -0.138. The van der Waals surface area contributed by atoms with Crippen molar-refractivity contribution in [2.45, 2.75) is 39.0 Å². The summed E-state index contributed by atoms with van der Waals surface area (Å²) in [6.45, 7) is 8.56. The van der Waals surface area contributed by atoms with Gasteiger partial charge < -0.3 is 9.88 Å². The van der Waals surface area contributed by atoms with Crippen LogP contribution in [0.3, 0.4) is 0 Å². The first-order valence-corrected chi connectivity index (χ1v) is 9.52. The Bertz CT molecular complexity index is 1090. The molecule has 1 aromatic carbocycles. The van der Waals surface area contributed by atoms with Crippen molar-refractivity contribution in [3.63, 3.8) is 0 Å². The highest BCUT2D eigenvalue weighted by Crippen LogP contribution is 2.34. The fourth-order valence-corrected chi connectivity index (χ4v) is 3.76. The van der Waals surface area contributed by atoms with Crippen molar-refractivity contribution in [1.29, 1.82) is 0 Å². The van der Waals surface area contributed by atoms with Crippen molar-refractivity contribution in [1.82, 2.24) is 14.8 Å². The smallest absolute Gasteiger partial charge is 0.345 e. The number of urea groups is 1. The highest BCUT2D eigenvalue weighted by atomic mass is 19.4. The van der Waals surface area contributed by atoms with Crippen LogP contribution in [-0.4, -0.2) is 33.7 Å². The molecule has 0 bridgehead atoms. The molecule has 0 saturated carbocycles. The van der Waals surface area contributed by atoms with Crippen molar-refractivity contribution in [3.8, 4) is 0 Å². The van der Waals surface area contributed by atoms with E-state index in [4.69, 9.17) is 0 Å². The van der Waals surface area contributed by atoms with Crippen molar-refractivity contribution in [2.75, 3.05) is 6.54 Å². The van der Waals surface area contributed by atoms with Crippen LogP contribution < -0.4 is 5.32 Å². The van der Waals surface area contributed by atoms with Crippen molar-refractivity contribution < 1.29 is 27.6 Å². The van der Waals surface area contributed by atoms with E-state index in [2.05, 4.69) is 11.9 Å². The first-order chi connectivity index (χ1) is 14.4. The van der Waals surface area contributed by atoms with Crippen molar-refractivity contribution in [3.05, 3.63) is 71.1 Å². The lowest BCUT2D eigenvalue weighted by atomic mass is 9.90. The third kappa shape index (κ3) is 3.87. The Balaban J connectivity index is 1.88. The lowest BCUT2D eigenvalue weighted by Gasteiger charge is -2.23. The standard InChI is InChI=1S/C22H22F3N3O3/c1-5-9-27-13(2)10-17(14(27)3)18(29)12-28-19(30)21(4,26-20(28)31)15-7-6-8-16(11-15)22(23,24)25/h5-8,10-11H,1,9,12H2,2-4H3,(H,26,31). The van der Waals surface area contributed by atoms with Crippen LogP contribution in [0.2, 0.25) is 0 Å². The van der Waals surface area contributed by atoms with E-state index in [1.165, 1.54) is 19.1 Å². The van der Waals surface area contributed by atoms with E-state index in [0.717, 1.165) is 22.7 Å². The van der Waals surface area contributed by atoms with Gasteiger partial charge >= 0.3 is 12.2 Å². The van der Waals surface area contributed by atoms with E-state index < -0.39 is 41.5 Å². The zero-order chi connectivity index (χ0) is 23.1.